The first-order chi connectivity index (χ1) is 15.9. The fourth-order valence-corrected chi connectivity index (χ4v) is 10.9. The second-order valence-electron chi connectivity index (χ2n) is 11.2. The Bertz CT molecular complexity index is 472. The minimum Gasteiger partial charge on any atom is -0.463 e. The Labute approximate surface area is 214 Å². The molecule has 1 unspecified atom stereocenters. The number of allylic oxidation sites excluding steroid dienone is 2. The first kappa shape index (κ1) is 35.7. The van der Waals surface area contributed by atoms with Gasteiger partial charge in [0.05, 0.1) is 6.61 Å². The maximum absolute atomic E-state index is 11.4. The van der Waals surface area contributed by atoms with Crippen LogP contribution < -0.4 is 0 Å². The Kier molecular flexibility index (Phi) is 24.1. The SMILES string of the molecule is CCCCCCCCC=CCCCCCCCC(=O)OCC(O)CO.C[Si](C)(C)O[Si](C)(C)C. The monoisotopic (exact) mass is 518 g/mol. The van der Waals surface area contributed by atoms with Gasteiger partial charge in [0.2, 0.25) is 0 Å². The van der Waals surface area contributed by atoms with Crippen LogP contribution in [0.3, 0.4) is 0 Å². The summed E-state index contributed by atoms with van der Waals surface area (Å²) in [4.78, 5) is 11.4. The molecule has 5 nitrogen and oxygen atoms in total. The largest absolute Gasteiger partial charge is 0.463 e. The molecule has 0 saturated carbocycles. The average molecular weight is 519 g/mol. The summed E-state index contributed by atoms with van der Waals surface area (Å²) >= 11 is 0. The van der Waals surface area contributed by atoms with Gasteiger partial charge in [0.1, 0.15) is 12.7 Å². The number of ether oxygens (including phenoxy) is 1. The molecule has 0 rings (SSSR count). The van der Waals surface area contributed by atoms with Gasteiger partial charge in [-0.25, -0.2) is 0 Å². The zero-order valence-corrected chi connectivity index (χ0v) is 25.7. The summed E-state index contributed by atoms with van der Waals surface area (Å²) in [5.74, 6) is -0.287. The van der Waals surface area contributed by atoms with Crippen molar-refractivity contribution in [3.8, 4) is 0 Å². The summed E-state index contributed by atoms with van der Waals surface area (Å²) in [6, 6.07) is 0. The highest BCUT2D eigenvalue weighted by Crippen LogP contribution is 2.13. The van der Waals surface area contributed by atoms with Gasteiger partial charge >= 0.3 is 5.97 Å². The van der Waals surface area contributed by atoms with E-state index in [9.17, 15) is 4.79 Å². The second-order valence-corrected chi connectivity index (χ2v) is 20.4. The first-order valence-electron chi connectivity index (χ1n) is 13.7. The molecular formula is C27H58O5Si2. The summed E-state index contributed by atoms with van der Waals surface area (Å²) in [6.07, 6.45) is 20.1. The van der Waals surface area contributed by atoms with E-state index in [0.29, 0.717) is 6.42 Å². The fraction of sp³-hybridized carbons (Fsp3) is 0.889. The summed E-state index contributed by atoms with van der Waals surface area (Å²) in [7, 11) is -2.46. The Morgan fingerprint density at radius 3 is 1.62 bits per heavy atom. The van der Waals surface area contributed by atoms with Gasteiger partial charge in [-0.1, -0.05) is 70.4 Å². The highest BCUT2D eigenvalue weighted by Gasteiger charge is 2.24. The first-order valence-corrected chi connectivity index (χ1v) is 20.5. The van der Waals surface area contributed by atoms with Crippen LogP contribution in [-0.2, 0) is 13.6 Å². The molecule has 0 aromatic heterocycles. The maximum atomic E-state index is 11.4. The number of carbonyl (C=O) groups is 1. The Balaban J connectivity index is 0. The molecule has 0 amide bonds. The number of unbranched alkanes of at least 4 members (excludes halogenated alkanes) is 11. The van der Waals surface area contributed by atoms with Crippen LogP contribution in [0.1, 0.15) is 96.8 Å². The molecule has 0 radical (unpaired) electrons. The summed E-state index contributed by atoms with van der Waals surface area (Å²) in [5.41, 5.74) is 0. The van der Waals surface area contributed by atoms with Crippen molar-refractivity contribution in [2.24, 2.45) is 0 Å². The van der Waals surface area contributed by atoms with E-state index in [1.165, 1.54) is 57.8 Å². The van der Waals surface area contributed by atoms with Crippen LogP contribution in [0.5, 0.6) is 0 Å². The molecule has 34 heavy (non-hydrogen) atoms. The number of esters is 1. The van der Waals surface area contributed by atoms with Crippen LogP contribution in [0.15, 0.2) is 12.2 Å². The van der Waals surface area contributed by atoms with Gasteiger partial charge in [-0.3, -0.25) is 4.79 Å². The van der Waals surface area contributed by atoms with E-state index in [0.717, 1.165) is 25.7 Å². The van der Waals surface area contributed by atoms with E-state index in [1.54, 1.807) is 0 Å². The van der Waals surface area contributed by atoms with Gasteiger partial charge in [-0.05, 0) is 71.4 Å². The van der Waals surface area contributed by atoms with Gasteiger partial charge in [0.25, 0.3) is 0 Å². The molecule has 2 N–H and O–H groups in total. The van der Waals surface area contributed by atoms with Crippen molar-refractivity contribution < 1.29 is 23.9 Å². The smallest absolute Gasteiger partial charge is 0.305 e. The molecule has 0 bridgehead atoms. The molecule has 0 fully saturated rings. The molecule has 204 valence electrons. The minimum absolute atomic E-state index is 0.111. The van der Waals surface area contributed by atoms with Gasteiger partial charge in [-0.2, -0.15) is 0 Å². The molecule has 7 heteroatoms. The van der Waals surface area contributed by atoms with Crippen molar-refractivity contribution in [3.05, 3.63) is 12.2 Å². The van der Waals surface area contributed by atoms with E-state index in [1.807, 2.05) is 0 Å². The van der Waals surface area contributed by atoms with Crippen LogP contribution in [-0.4, -0.2) is 52.1 Å². The van der Waals surface area contributed by atoms with Crippen LogP contribution in [0, 0.1) is 0 Å². The van der Waals surface area contributed by atoms with E-state index in [2.05, 4.69) is 58.4 Å². The van der Waals surface area contributed by atoms with Crippen molar-refractivity contribution in [1.82, 2.24) is 0 Å². The lowest BCUT2D eigenvalue weighted by Crippen LogP contribution is -2.39. The molecule has 0 heterocycles. The lowest BCUT2D eigenvalue weighted by Gasteiger charge is -2.27. The molecule has 0 aliphatic rings. The van der Waals surface area contributed by atoms with Crippen LogP contribution in [0.25, 0.3) is 0 Å². The third-order valence-corrected chi connectivity index (χ3v) is 9.80. The molecule has 0 aliphatic carbocycles. The van der Waals surface area contributed by atoms with Gasteiger partial charge in [0.15, 0.2) is 16.6 Å². The number of rotatable bonds is 20. The third kappa shape index (κ3) is 33.7. The number of hydrogen-bond acceptors (Lipinski definition) is 5. The molecule has 0 saturated heterocycles. The topological polar surface area (TPSA) is 76.0 Å². The van der Waals surface area contributed by atoms with Gasteiger partial charge < -0.3 is 19.1 Å². The van der Waals surface area contributed by atoms with Crippen LogP contribution in [0.4, 0.5) is 0 Å². The van der Waals surface area contributed by atoms with Gasteiger partial charge in [0, 0.05) is 6.42 Å². The summed E-state index contributed by atoms with van der Waals surface area (Å²) < 4.78 is 10.8. The molecule has 0 spiro atoms. The zero-order chi connectivity index (χ0) is 26.3. The molecule has 0 aromatic rings. The van der Waals surface area contributed by atoms with E-state index >= 15 is 0 Å². The van der Waals surface area contributed by atoms with Crippen LogP contribution in [0.2, 0.25) is 39.3 Å². The number of hydrogen-bond donors (Lipinski definition) is 2. The van der Waals surface area contributed by atoms with Crippen molar-refractivity contribution in [2.75, 3.05) is 13.2 Å². The Morgan fingerprint density at radius 1 is 0.765 bits per heavy atom. The summed E-state index contributed by atoms with van der Waals surface area (Å²) in [6.45, 7) is 15.2. The standard InChI is InChI=1S/C21H40O4.C6H18OSi2/c1-2-3-4-5-6-7-8-9-10-11-12-13-14-15-16-17-21(24)25-19-20(23)18-22;1-8(2,3)7-9(4,5)6/h9-10,20,22-23H,2-8,11-19H2,1H3;1-6H3. The van der Waals surface area contributed by atoms with Crippen molar-refractivity contribution in [1.29, 1.82) is 0 Å². The average Bonchev–Trinajstić information content (AvgIpc) is 2.72. The van der Waals surface area contributed by atoms with Gasteiger partial charge in [-0.15, -0.1) is 0 Å². The highest BCUT2D eigenvalue weighted by atomic mass is 28.4. The Hall–Kier alpha value is -0.476. The maximum Gasteiger partial charge on any atom is 0.305 e. The predicted octanol–water partition coefficient (Wildman–Crippen LogP) is 7.59. The Morgan fingerprint density at radius 2 is 1.21 bits per heavy atom. The normalized spacial score (nSPS) is 13.0. The van der Waals surface area contributed by atoms with Crippen LogP contribution >= 0.6 is 0 Å². The van der Waals surface area contributed by atoms with Crippen molar-refractivity contribution >= 4 is 22.6 Å². The molecule has 0 aromatic carbocycles. The number of aliphatic hydroxyl groups is 2. The predicted molar refractivity (Wildman–Crippen MR) is 151 cm³/mol. The van der Waals surface area contributed by atoms with E-state index < -0.39 is 22.7 Å². The summed E-state index contributed by atoms with van der Waals surface area (Å²) in [5, 5.41) is 17.7. The highest BCUT2D eigenvalue weighted by molar-refractivity contribution is 6.83. The fourth-order valence-electron chi connectivity index (χ4n) is 3.57. The minimum atomic E-state index is -1.23. The third-order valence-electron chi connectivity index (χ3n) is 4.90. The lowest BCUT2D eigenvalue weighted by atomic mass is 10.1. The molecular weight excluding hydrogens is 460 g/mol. The number of aliphatic hydroxyl groups excluding tert-OH is 2. The lowest BCUT2D eigenvalue weighted by molar-refractivity contribution is -0.147. The quantitative estimate of drug-likeness (QED) is 0.0751. The second kappa shape index (κ2) is 23.0. The number of carbonyl (C=O) groups excluding carboxylic acids is 1. The van der Waals surface area contributed by atoms with E-state index in [-0.39, 0.29) is 19.2 Å². The van der Waals surface area contributed by atoms with Crippen molar-refractivity contribution in [3.63, 3.8) is 0 Å². The van der Waals surface area contributed by atoms with E-state index in [4.69, 9.17) is 19.1 Å². The molecule has 1 atom stereocenters. The molecule has 0 aliphatic heterocycles. The van der Waals surface area contributed by atoms with Crippen molar-refractivity contribution in [2.45, 2.75) is 142 Å². The zero-order valence-electron chi connectivity index (χ0n) is 23.7.